The molecule has 0 unspecified atom stereocenters. The first kappa shape index (κ1) is 13.9. The molecule has 1 spiro atoms. The summed E-state index contributed by atoms with van der Waals surface area (Å²) in [5.74, 6) is -0.237. The number of urea groups is 1. The van der Waals surface area contributed by atoms with Crippen LogP contribution in [0.25, 0.3) is 0 Å². The smallest absolute Gasteiger partial charge is 0.323 e. The Morgan fingerprint density at radius 1 is 1.05 bits per heavy atom. The molecule has 0 aromatic carbocycles. The van der Waals surface area contributed by atoms with E-state index in [1.807, 2.05) is 0 Å². The molecule has 0 bridgehead atoms. The van der Waals surface area contributed by atoms with E-state index in [9.17, 15) is 18.0 Å². The van der Waals surface area contributed by atoms with Gasteiger partial charge in [0, 0.05) is 6.04 Å². The van der Waals surface area contributed by atoms with Crippen molar-refractivity contribution >= 4 is 21.8 Å². The number of sulfone groups is 1. The van der Waals surface area contributed by atoms with Crippen molar-refractivity contribution in [2.75, 3.05) is 11.5 Å². The molecule has 0 aromatic heterocycles. The van der Waals surface area contributed by atoms with E-state index in [0.29, 0.717) is 0 Å². The zero-order valence-corrected chi connectivity index (χ0v) is 12.2. The predicted molar refractivity (Wildman–Crippen MR) is 72.9 cm³/mol. The minimum Gasteiger partial charge on any atom is -0.323 e. The molecule has 1 aliphatic carbocycles. The summed E-state index contributed by atoms with van der Waals surface area (Å²) in [4.78, 5) is 26.2. The molecule has 1 N–H and O–H groups in total. The van der Waals surface area contributed by atoms with Crippen molar-refractivity contribution in [3.63, 3.8) is 0 Å². The van der Waals surface area contributed by atoms with Crippen molar-refractivity contribution < 1.29 is 18.0 Å². The van der Waals surface area contributed by atoms with Gasteiger partial charge in [-0.1, -0.05) is 19.3 Å². The minimum absolute atomic E-state index is 0.00541. The van der Waals surface area contributed by atoms with Crippen LogP contribution in [0, 0.1) is 0 Å². The van der Waals surface area contributed by atoms with Gasteiger partial charge in [0.2, 0.25) is 0 Å². The Bertz CT molecular complexity index is 523. The van der Waals surface area contributed by atoms with Crippen LogP contribution in [-0.4, -0.2) is 48.3 Å². The number of nitrogens with zero attached hydrogens (tertiary/aromatic N) is 1. The third kappa shape index (κ3) is 2.21. The third-order valence-corrected chi connectivity index (χ3v) is 6.46. The first-order valence-electron chi connectivity index (χ1n) is 7.30. The quantitative estimate of drug-likeness (QED) is 0.727. The second kappa shape index (κ2) is 4.72. The second-order valence-electron chi connectivity index (χ2n) is 6.13. The molecule has 7 heteroatoms. The van der Waals surface area contributed by atoms with Gasteiger partial charge in [0.1, 0.15) is 5.54 Å². The highest BCUT2D eigenvalue weighted by molar-refractivity contribution is 7.91. The molecule has 3 aliphatic rings. The molecule has 112 valence electrons. The first-order chi connectivity index (χ1) is 9.44. The van der Waals surface area contributed by atoms with Crippen LogP contribution in [0.2, 0.25) is 0 Å². The maximum atomic E-state index is 12.7. The lowest BCUT2D eigenvalue weighted by Gasteiger charge is -2.32. The average Bonchev–Trinajstić information content (AvgIpc) is 2.66. The van der Waals surface area contributed by atoms with E-state index in [-0.39, 0.29) is 42.3 Å². The van der Waals surface area contributed by atoms with E-state index in [4.69, 9.17) is 0 Å². The molecule has 2 aliphatic heterocycles. The molecule has 2 heterocycles. The average molecular weight is 300 g/mol. The third-order valence-electron chi connectivity index (χ3n) is 4.81. The summed E-state index contributed by atoms with van der Waals surface area (Å²) in [5.41, 5.74) is -0.958. The predicted octanol–water partition coefficient (Wildman–Crippen LogP) is 0.818. The van der Waals surface area contributed by atoms with Gasteiger partial charge in [-0.15, -0.1) is 0 Å². The van der Waals surface area contributed by atoms with Crippen LogP contribution in [0.3, 0.4) is 0 Å². The number of amides is 3. The second-order valence-corrected chi connectivity index (χ2v) is 8.43. The number of rotatable bonds is 1. The number of imide groups is 1. The van der Waals surface area contributed by atoms with Crippen LogP contribution in [0.1, 0.15) is 44.9 Å². The molecule has 3 amide bonds. The highest BCUT2D eigenvalue weighted by atomic mass is 32.2. The van der Waals surface area contributed by atoms with E-state index in [1.54, 1.807) is 0 Å². The van der Waals surface area contributed by atoms with E-state index in [1.165, 1.54) is 4.90 Å². The number of hydrogen-bond acceptors (Lipinski definition) is 4. The van der Waals surface area contributed by atoms with Crippen LogP contribution < -0.4 is 5.32 Å². The SMILES string of the molecule is O=C1NC2(CCS(=O)(=O)CC2)C(=O)N1C1CCCCC1. The van der Waals surface area contributed by atoms with E-state index < -0.39 is 15.4 Å². The van der Waals surface area contributed by atoms with Gasteiger partial charge < -0.3 is 5.32 Å². The molecule has 6 nitrogen and oxygen atoms in total. The highest BCUT2D eigenvalue weighted by Crippen LogP contribution is 2.34. The fraction of sp³-hybridized carbons (Fsp3) is 0.846. The molecular formula is C13H20N2O4S. The number of carbonyl (C=O) groups is 2. The standard InChI is InChI=1S/C13H20N2O4S/c16-11-13(6-8-20(18,19)9-7-13)14-12(17)15(11)10-4-2-1-3-5-10/h10H,1-9H2,(H,14,17). The molecule has 0 aromatic rings. The Labute approximate surface area is 118 Å². The lowest BCUT2D eigenvalue weighted by atomic mass is 9.90. The number of hydrogen-bond donors (Lipinski definition) is 1. The van der Waals surface area contributed by atoms with E-state index in [2.05, 4.69) is 5.32 Å². The zero-order valence-electron chi connectivity index (χ0n) is 11.4. The van der Waals surface area contributed by atoms with Crippen LogP contribution in [0.5, 0.6) is 0 Å². The Kier molecular flexibility index (Phi) is 3.27. The van der Waals surface area contributed by atoms with E-state index in [0.717, 1.165) is 32.1 Å². The van der Waals surface area contributed by atoms with Crippen molar-refractivity contribution in [3.8, 4) is 0 Å². The maximum Gasteiger partial charge on any atom is 0.325 e. The summed E-state index contributed by atoms with van der Waals surface area (Å²) in [6, 6.07) is -0.338. The minimum atomic E-state index is -3.05. The van der Waals surface area contributed by atoms with Crippen molar-refractivity contribution in [1.29, 1.82) is 0 Å². The largest absolute Gasteiger partial charge is 0.325 e. The summed E-state index contributed by atoms with van der Waals surface area (Å²) >= 11 is 0. The molecule has 20 heavy (non-hydrogen) atoms. The van der Waals surface area contributed by atoms with Gasteiger partial charge >= 0.3 is 6.03 Å². The topological polar surface area (TPSA) is 83.5 Å². The van der Waals surface area contributed by atoms with Crippen LogP contribution in [0.15, 0.2) is 0 Å². The Balaban J connectivity index is 1.80. The van der Waals surface area contributed by atoms with Gasteiger partial charge in [-0.3, -0.25) is 9.69 Å². The normalized spacial score (nSPS) is 29.7. The van der Waals surface area contributed by atoms with Gasteiger partial charge in [0.15, 0.2) is 9.84 Å². The molecular weight excluding hydrogens is 280 g/mol. The van der Waals surface area contributed by atoms with Crippen LogP contribution in [0.4, 0.5) is 4.79 Å². The lowest BCUT2D eigenvalue weighted by Crippen LogP contribution is -2.53. The monoisotopic (exact) mass is 300 g/mol. The summed E-state index contributed by atoms with van der Waals surface area (Å²) < 4.78 is 23.0. The number of nitrogens with one attached hydrogen (secondary N) is 1. The summed E-state index contributed by atoms with van der Waals surface area (Å²) in [6.45, 7) is 0. The van der Waals surface area contributed by atoms with Gasteiger partial charge in [-0.2, -0.15) is 0 Å². The highest BCUT2D eigenvalue weighted by Gasteiger charge is 2.54. The van der Waals surface area contributed by atoms with Gasteiger partial charge in [-0.05, 0) is 25.7 Å². The van der Waals surface area contributed by atoms with Gasteiger partial charge in [0.05, 0.1) is 11.5 Å². The van der Waals surface area contributed by atoms with E-state index >= 15 is 0 Å². The Hall–Kier alpha value is -1.11. The van der Waals surface area contributed by atoms with Crippen molar-refractivity contribution in [1.82, 2.24) is 10.2 Å². The lowest BCUT2D eigenvalue weighted by molar-refractivity contribution is -0.133. The van der Waals surface area contributed by atoms with Crippen molar-refractivity contribution in [3.05, 3.63) is 0 Å². The fourth-order valence-electron chi connectivity index (χ4n) is 3.54. The Morgan fingerprint density at radius 3 is 2.25 bits per heavy atom. The molecule has 3 fully saturated rings. The maximum absolute atomic E-state index is 12.7. The fourth-order valence-corrected chi connectivity index (χ4v) is 5.06. The van der Waals surface area contributed by atoms with Crippen molar-refractivity contribution in [2.24, 2.45) is 0 Å². The van der Waals surface area contributed by atoms with Crippen LogP contribution >= 0.6 is 0 Å². The zero-order chi connectivity index (χ0) is 14.4. The first-order valence-corrected chi connectivity index (χ1v) is 9.12. The van der Waals surface area contributed by atoms with Crippen LogP contribution in [-0.2, 0) is 14.6 Å². The molecule has 3 rings (SSSR count). The molecule has 0 radical (unpaired) electrons. The molecule has 2 saturated heterocycles. The number of carbonyl (C=O) groups excluding carboxylic acids is 2. The Morgan fingerprint density at radius 2 is 1.65 bits per heavy atom. The van der Waals surface area contributed by atoms with Crippen molar-refractivity contribution in [2.45, 2.75) is 56.5 Å². The summed E-state index contributed by atoms with van der Waals surface area (Å²) in [5, 5.41) is 2.78. The summed E-state index contributed by atoms with van der Waals surface area (Å²) in [6.07, 6.45) is 5.41. The summed E-state index contributed by atoms with van der Waals surface area (Å²) in [7, 11) is -3.05. The molecule has 1 saturated carbocycles. The molecule has 0 atom stereocenters. The van der Waals surface area contributed by atoms with Gasteiger partial charge in [0.25, 0.3) is 5.91 Å². The van der Waals surface area contributed by atoms with Gasteiger partial charge in [-0.25, -0.2) is 13.2 Å².